The van der Waals surface area contributed by atoms with Gasteiger partial charge in [-0.3, -0.25) is 0 Å². The highest BCUT2D eigenvalue weighted by Crippen LogP contribution is 2.16. The van der Waals surface area contributed by atoms with E-state index >= 15 is 0 Å². The molecule has 0 aliphatic rings. The molecule has 0 N–H and O–H groups in total. The zero-order chi connectivity index (χ0) is 11.6. The van der Waals surface area contributed by atoms with Crippen molar-refractivity contribution in [1.82, 2.24) is 0 Å². The maximum Gasteiger partial charge on any atom is 0.572 e. The van der Waals surface area contributed by atoms with Crippen molar-refractivity contribution < 1.29 is 17.9 Å². The smallest absolute Gasteiger partial charge is 0.414 e. The van der Waals surface area contributed by atoms with Crippen LogP contribution in [0.1, 0.15) is 51.9 Å². The summed E-state index contributed by atoms with van der Waals surface area (Å²) in [7, 11) is 0. The lowest BCUT2D eigenvalue weighted by Gasteiger charge is -2.02. The number of hydrogen-bond acceptors (Lipinski definition) is 1. The van der Waals surface area contributed by atoms with Crippen molar-refractivity contribution in [2.45, 2.75) is 58.2 Å². The van der Waals surface area contributed by atoms with E-state index in [0.29, 0.717) is 6.42 Å². The van der Waals surface area contributed by atoms with Gasteiger partial charge in [-0.1, -0.05) is 39.0 Å². The van der Waals surface area contributed by atoms with Gasteiger partial charge in [0.05, 0.1) is 6.26 Å². The van der Waals surface area contributed by atoms with Crippen molar-refractivity contribution in [2.24, 2.45) is 0 Å². The Kier molecular flexibility index (Phi) is 8.24. The number of rotatable bonds is 8. The maximum atomic E-state index is 11.5. The molecule has 0 radical (unpaired) electrons. The van der Waals surface area contributed by atoms with E-state index in [-0.39, 0.29) is 0 Å². The van der Waals surface area contributed by atoms with Crippen molar-refractivity contribution in [3.63, 3.8) is 0 Å². The fourth-order valence-electron chi connectivity index (χ4n) is 1.24. The highest BCUT2D eigenvalue weighted by molar-refractivity contribution is 4.73. The van der Waals surface area contributed by atoms with E-state index in [2.05, 4.69) is 11.7 Å². The van der Waals surface area contributed by atoms with E-state index in [1.807, 2.05) is 0 Å². The van der Waals surface area contributed by atoms with Gasteiger partial charge in [0.1, 0.15) is 0 Å². The summed E-state index contributed by atoms with van der Waals surface area (Å²) in [6.07, 6.45) is 5.12. The molecule has 0 atom stereocenters. The Morgan fingerprint density at radius 2 is 1.60 bits per heavy atom. The van der Waals surface area contributed by atoms with Gasteiger partial charge in [0.25, 0.3) is 0 Å². The van der Waals surface area contributed by atoms with Crippen LogP contribution >= 0.6 is 0 Å². The van der Waals surface area contributed by atoms with Gasteiger partial charge in [0.15, 0.2) is 0 Å². The SMILES string of the molecule is CCCCCCCCC=COC(F)(F)F. The molecule has 0 unspecified atom stereocenters. The number of alkyl halides is 3. The normalized spacial score (nSPS) is 12.3. The number of hydrogen-bond donors (Lipinski definition) is 0. The molecule has 0 bridgehead atoms. The van der Waals surface area contributed by atoms with Crippen LogP contribution in [0.4, 0.5) is 13.2 Å². The van der Waals surface area contributed by atoms with Gasteiger partial charge in [0, 0.05) is 0 Å². The maximum absolute atomic E-state index is 11.5. The first-order chi connectivity index (χ1) is 7.06. The molecule has 0 fully saturated rings. The van der Waals surface area contributed by atoms with Gasteiger partial charge in [0.2, 0.25) is 0 Å². The van der Waals surface area contributed by atoms with Gasteiger partial charge in [-0.25, -0.2) is 0 Å². The zero-order valence-corrected chi connectivity index (χ0v) is 9.15. The summed E-state index contributed by atoms with van der Waals surface area (Å²) in [6, 6.07) is 0. The van der Waals surface area contributed by atoms with Gasteiger partial charge >= 0.3 is 6.36 Å². The Morgan fingerprint density at radius 1 is 1.00 bits per heavy atom. The first-order valence-corrected chi connectivity index (χ1v) is 5.46. The Labute approximate surface area is 89.3 Å². The second-order valence-corrected chi connectivity index (χ2v) is 3.49. The standard InChI is InChI=1S/C11H19F3O/c1-2-3-4-5-6-7-8-9-10-15-11(12,13)14/h9-10H,2-8H2,1H3. The van der Waals surface area contributed by atoms with Crippen molar-refractivity contribution >= 4 is 0 Å². The molecule has 0 aliphatic carbocycles. The van der Waals surface area contributed by atoms with Gasteiger partial charge in [-0.05, 0) is 18.9 Å². The van der Waals surface area contributed by atoms with E-state index in [0.717, 1.165) is 19.1 Å². The predicted molar refractivity (Wildman–Crippen MR) is 54.3 cm³/mol. The third-order valence-electron chi connectivity index (χ3n) is 2.02. The number of unbranched alkanes of at least 4 members (excludes halogenated alkanes) is 6. The highest BCUT2D eigenvalue weighted by Gasteiger charge is 2.28. The van der Waals surface area contributed by atoms with Crippen molar-refractivity contribution in [3.8, 4) is 0 Å². The molecule has 90 valence electrons. The van der Waals surface area contributed by atoms with E-state index in [1.54, 1.807) is 0 Å². The van der Waals surface area contributed by atoms with Crippen LogP contribution in [0, 0.1) is 0 Å². The summed E-state index contributed by atoms with van der Waals surface area (Å²) in [6.45, 7) is 2.15. The molecule has 0 aromatic rings. The average Bonchev–Trinajstić information content (AvgIpc) is 2.14. The fourth-order valence-corrected chi connectivity index (χ4v) is 1.24. The quantitative estimate of drug-likeness (QED) is 0.425. The van der Waals surface area contributed by atoms with Gasteiger partial charge < -0.3 is 4.74 Å². The lowest BCUT2D eigenvalue weighted by atomic mass is 10.1. The molecule has 4 heteroatoms. The summed E-state index contributed by atoms with van der Waals surface area (Å²) in [4.78, 5) is 0. The molecule has 1 nitrogen and oxygen atoms in total. The Balaban J connectivity index is 3.17. The van der Waals surface area contributed by atoms with Crippen LogP contribution in [0.3, 0.4) is 0 Å². The van der Waals surface area contributed by atoms with Crippen LogP contribution in [-0.4, -0.2) is 6.36 Å². The van der Waals surface area contributed by atoms with Crippen molar-refractivity contribution in [1.29, 1.82) is 0 Å². The molecule has 15 heavy (non-hydrogen) atoms. The van der Waals surface area contributed by atoms with Crippen LogP contribution in [0.15, 0.2) is 12.3 Å². The van der Waals surface area contributed by atoms with Gasteiger partial charge in [-0.15, -0.1) is 13.2 Å². The fraction of sp³-hybridized carbons (Fsp3) is 0.818. The number of ether oxygens (including phenoxy) is 1. The van der Waals surface area contributed by atoms with E-state index in [4.69, 9.17) is 0 Å². The topological polar surface area (TPSA) is 9.23 Å². The molecule has 0 heterocycles. The zero-order valence-electron chi connectivity index (χ0n) is 9.15. The van der Waals surface area contributed by atoms with Crippen LogP contribution < -0.4 is 0 Å². The summed E-state index contributed by atoms with van der Waals surface area (Å²) in [5.74, 6) is 0. The van der Waals surface area contributed by atoms with Crippen LogP contribution in [0.25, 0.3) is 0 Å². The van der Waals surface area contributed by atoms with E-state index < -0.39 is 6.36 Å². The largest absolute Gasteiger partial charge is 0.572 e. The number of allylic oxidation sites excluding steroid dienone is 1. The molecular formula is C11H19F3O. The third kappa shape index (κ3) is 13.3. The van der Waals surface area contributed by atoms with E-state index in [1.165, 1.54) is 31.8 Å². The Hall–Kier alpha value is -0.670. The molecule has 0 aromatic carbocycles. The third-order valence-corrected chi connectivity index (χ3v) is 2.02. The lowest BCUT2D eigenvalue weighted by Crippen LogP contribution is -2.08. The summed E-state index contributed by atoms with van der Waals surface area (Å²) >= 11 is 0. The minimum absolute atomic E-state index is 0.655. The van der Waals surface area contributed by atoms with E-state index in [9.17, 15) is 13.2 Å². The molecule has 0 aromatic heterocycles. The highest BCUT2D eigenvalue weighted by atomic mass is 19.4. The minimum Gasteiger partial charge on any atom is -0.414 e. The minimum atomic E-state index is -4.54. The van der Waals surface area contributed by atoms with Crippen molar-refractivity contribution in [3.05, 3.63) is 12.3 Å². The second-order valence-electron chi connectivity index (χ2n) is 3.49. The van der Waals surface area contributed by atoms with Crippen LogP contribution in [0.5, 0.6) is 0 Å². The van der Waals surface area contributed by atoms with Crippen LogP contribution in [0.2, 0.25) is 0 Å². The van der Waals surface area contributed by atoms with Crippen molar-refractivity contribution in [2.75, 3.05) is 0 Å². The summed E-state index contributed by atoms with van der Waals surface area (Å²) in [5, 5.41) is 0. The Morgan fingerprint density at radius 3 is 2.20 bits per heavy atom. The van der Waals surface area contributed by atoms with Crippen LogP contribution in [-0.2, 0) is 4.74 Å². The molecule has 0 saturated heterocycles. The summed E-state index contributed by atoms with van der Waals surface area (Å²) < 4.78 is 38.0. The second kappa shape index (κ2) is 8.62. The molecule has 0 spiro atoms. The first kappa shape index (κ1) is 14.3. The Bertz CT molecular complexity index is 164. The average molecular weight is 224 g/mol. The lowest BCUT2D eigenvalue weighted by molar-refractivity contribution is -0.298. The predicted octanol–water partition coefficient (Wildman–Crippen LogP) is 4.79. The molecule has 0 aliphatic heterocycles. The molecule has 0 saturated carbocycles. The number of halogens is 3. The van der Waals surface area contributed by atoms with Gasteiger partial charge in [-0.2, -0.15) is 0 Å². The summed E-state index contributed by atoms with van der Waals surface area (Å²) in [5.41, 5.74) is 0. The monoisotopic (exact) mass is 224 g/mol. The molecular weight excluding hydrogens is 205 g/mol. The molecule has 0 amide bonds. The first-order valence-electron chi connectivity index (χ1n) is 5.46. The molecule has 0 rings (SSSR count).